The molecule has 1 saturated heterocycles. The number of benzene rings is 1. The second-order valence-corrected chi connectivity index (χ2v) is 5.90. The first-order valence-electron chi connectivity index (χ1n) is 8.26. The van der Waals surface area contributed by atoms with Crippen LogP contribution in [0, 0.1) is 5.82 Å². The molecule has 2 aromatic rings. The largest absolute Gasteiger partial charge is 0.467 e. The lowest BCUT2D eigenvalue weighted by molar-refractivity contribution is -0.154. The van der Waals surface area contributed by atoms with Crippen molar-refractivity contribution in [2.24, 2.45) is 0 Å². The summed E-state index contributed by atoms with van der Waals surface area (Å²) in [5, 5.41) is 5.44. The fraction of sp³-hybridized carbons (Fsp3) is 0.353. The highest BCUT2D eigenvalue weighted by molar-refractivity contribution is 6.02. The maximum atomic E-state index is 14.3. The molecule has 1 unspecified atom stereocenters. The molecule has 150 valence electrons. The van der Waals surface area contributed by atoms with Crippen LogP contribution in [0.3, 0.4) is 0 Å². The van der Waals surface area contributed by atoms with Crippen molar-refractivity contribution in [2.75, 3.05) is 31.6 Å². The minimum Gasteiger partial charge on any atom is -0.467 e. The first kappa shape index (κ1) is 20.0. The smallest absolute Gasteiger partial charge is 0.422 e. The monoisotopic (exact) mass is 400 g/mol. The van der Waals surface area contributed by atoms with E-state index < -0.39 is 30.4 Å². The molecule has 0 radical (unpaired) electrons. The minimum absolute atomic E-state index is 0.110. The normalized spacial score (nSPS) is 17.2. The molecule has 1 fully saturated rings. The number of carbonyl (C=O) groups is 1. The molecule has 1 aromatic heterocycles. The van der Waals surface area contributed by atoms with Crippen molar-refractivity contribution >= 4 is 11.6 Å². The Labute approximate surface area is 157 Å². The number of hydrogen-bond donors (Lipinski definition) is 2. The van der Waals surface area contributed by atoms with E-state index in [-0.39, 0.29) is 17.5 Å². The zero-order valence-electron chi connectivity index (χ0n) is 14.4. The molecular formula is C17H16F4N4O3. The van der Waals surface area contributed by atoms with Crippen LogP contribution in [0.25, 0.3) is 0 Å². The number of hydrogen-bond acceptors (Lipinski definition) is 6. The Kier molecular flexibility index (Phi) is 6.05. The van der Waals surface area contributed by atoms with Gasteiger partial charge < -0.3 is 20.1 Å². The van der Waals surface area contributed by atoms with Gasteiger partial charge in [-0.15, -0.1) is 0 Å². The molecule has 0 spiro atoms. The molecule has 2 N–H and O–H groups in total. The fourth-order valence-electron chi connectivity index (χ4n) is 2.48. The molecule has 1 amide bonds. The number of halogens is 4. The summed E-state index contributed by atoms with van der Waals surface area (Å²) < 4.78 is 60.9. The number of morpholine rings is 1. The third-order valence-electron chi connectivity index (χ3n) is 3.77. The van der Waals surface area contributed by atoms with Gasteiger partial charge in [-0.25, -0.2) is 9.37 Å². The Morgan fingerprint density at radius 2 is 2.18 bits per heavy atom. The highest BCUT2D eigenvalue weighted by atomic mass is 19.4. The van der Waals surface area contributed by atoms with Gasteiger partial charge in [0.1, 0.15) is 5.82 Å². The Balaban J connectivity index is 1.67. The first-order valence-corrected chi connectivity index (χ1v) is 8.26. The number of nitrogens with one attached hydrogen (secondary N) is 2. The summed E-state index contributed by atoms with van der Waals surface area (Å²) in [5.41, 5.74) is 0.189. The first-order chi connectivity index (χ1) is 13.3. The number of ether oxygens (including phenoxy) is 2. The summed E-state index contributed by atoms with van der Waals surface area (Å²) in [6.07, 6.45) is -2.87. The molecule has 7 nitrogen and oxygen atoms in total. The van der Waals surface area contributed by atoms with Crippen molar-refractivity contribution < 1.29 is 31.8 Å². The third kappa shape index (κ3) is 5.36. The van der Waals surface area contributed by atoms with Crippen molar-refractivity contribution in [1.82, 2.24) is 15.3 Å². The molecule has 1 aliphatic rings. The number of amides is 1. The van der Waals surface area contributed by atoms with Gasteiger partial charge in [-0.05, 0) is 17.7 Å². The van der Waals surface area contributed by atoms with Gasteiger partial charge in [0.05, 0.1) is 30.8 Å². The van der Waals surface area contributed by atoms with Crippen LogP contribution in [0.2, 0.25) is 0 Å². The summed E-state index contributed by atoms with van der Waals surface area (Å²) in [4.78, 5) is 19.5. The maximum absolute atomic E-state index is 14.3. The van der Waals surface area contributed by atoms with Crippen molar-refractivity contribution in [1.29, 1.82) is 0 Å². The molecular weight excluding hydrogens is 384 g/mol. The van der Waals surface area contributed by atoms with Crippen LogP contribution in [-0.4, -0.2) is 48.4 Å². The SMILES string of the molecule is O=C(Nc1ccc(C2CNCCO2)cc1F)c1cncc(OCC(F)(F)F)n1. The average Bonchev–Trinajstić information content (AvgIpc) is 2.68. The standard InChI is InChI=1S/C17H16F4N4O3/c18-11-5-10(14-7-22-3-4-27-14)1-2-12(11)25-16(26)13-6-23-8-15(24-13)28-9-17(19,20)21/h1-2,5-6,8,14,22H,3-4,7,9H2,(H,25,26). The van der Waals surface area contributed by atoms with Crippen LogP contribution in [0.1, 0.15) is 22.2 Å². The molecule has 1 atom stereocenters. The number of anilines is 1. The minimum atomic E-state index is -4.55. The van der Waals surface area contributed by atoms with E-state index in [1.165, 1.54) is 12.1 Å². The summed E-state index contributed by atoms with van der Waals surface area (Å²) in [7, 11) is 0. The predicted molar refractivity (Wildman–Crippen MR) is 89.5 cm³/mol. The van der Waals surface area contributed by atoms with Crippen LogP contribution in [0.5, 0.6) is 5.88 Å². The summed E-state index contributed by atoms with van der Waals surface area (Å²) in [6, 6.07) is 4.24. The Hall–Kier alpha value is -2.79. The molecule has 0 aliphatic carbocycles. The van der Waals surface area contributed by atoms with Gasteiger partial charge in [-0.2, -0.15) is 13.2 Å². The summed E-state index contributed by atoms with van der Waals surface area (Å²) >= 11 is 0. The maximum Gasteiger partial charge on any atom is 0.422 e. The molecule has 3 rings (SSSR count). The van der Waals surface area contributed by atoms with Gasteiger partial charge in [0.25, 0.3) is 5.91 Å². The zero-order chi connectivity index (χ0) is 20.1. The highest BCUT2D eigenvalue weighted by Gasteiger charge is 2.29. The van der Waals surface area contributed by atoms with E-state index in [0.717, 1.165) is 18.9 Å². The van der Waals surface area contributed by atoms with E-state index in [2.05, 4.69) is 25.3 Å². The molecule has 1 aromatic carbocycles. The van der Waals surface area contributed by atoms with Crippen molar-refractivity contribution in [3.63, 3.8) is 0 Å². The lowest BCUT2D eigenvalue weighted by Gasteiger charge is -2.24. The van der Waals surface area contributed by atoms with Crippen LogP contribution in [0.4, 0.5) is 23.2 Å². The van der Waals surface area contributed by atoms with E-state index in [0.29, 0.717) is 18.7 Å². The molecule has 2 heterocycles. The van der Waals surface area contributed by atoms with Crippen LogP contribution in [0.15, 0.2) is 30.6 Å². The number of nitrogens with zero attached hydrogens (tertiary/aromatic N) is 2. The predicted octanol–water partition coefficient (Wildman–Crippen LogP) is 2.47. The zero-order valence-corrected chi connectivity index (χ0v) is 14.4. The third-order valence-corrected chi connectivity index (χ3v) is 3.77. The highest BCUT2D eigenvalue weighted by Crippen LogP contribution is 2.24. The molecule has 11 heteroatoms. The van der Waals surface area contributed by atoms with Gasteiger partial charge >= 0.3 is 6.18 Å². The number of carbonyl (C=O) groups excluding carboxylic acids is 1. The summed E-state index contributed by atoms with van der Waals surface area (Å²) in [5.74, 6) is -1.99. The van der Waals surface area contributed by atoms with Gasteiger partial charge in [0.15, 0.2) is 12.3 Å². The van der Waals surface area contributed by atoms with Gasteiger partial charge in [-0.1, -0.05) is 6.07 Å². The van der Waals surface area contributed by atoms with Gasteiger partial charge in [-0.3, -0.25) is 9.78 Å². The van der Waals surface area contributed by atoms with Crippen molar-refractivity contribution in [3.05, 3.63) is 47.7 Å². The second kappa shape index (κ2) is 8.48. The molecule has 1 aliphatic heterocycles. The van der Waals surface area contributed by atoms with Crippen LogP contribution < -0.4 is 15.4 Å². The second-order valence-electron chi connectivity index (χ2n) is 5.90. The number of alkyl halides is 3. The van der Waals surface area contributed by atoms with Gasteiger partial charge in [0, 0.05) is 13.1 Å². The lowest BCUT2D eigenvalue weighted by atomic mass is 10.1. The Morgan fingerprint density at radius 1 is 1.36 bits per heavy atom. The van der Waals surface area contributed by atoms with E-state index in [4.69, 9.17) is 4.74 Å². The van der Waals surface area contributed by atoms with Gasteiger partial charge in [0.2, 0.25) is 5.88 Å². The molecule has 28 heavy (non-hydrogen) atoms. The summed E-state index contributed by atoms with van der Waals surface area (Å²) in [6.45, 7) is 0.211. The van der Waals surface area contributed by atoms with Crippen molar-refractivity contribution in [3.8, 4) is 5.88 Å². The van der Waals surface area contributed by atoms with E-state index in [9.17, 15) is 22.4 Å². The topological polar surface area (TPSA) is 85.4 Å². The van der Waals surface area contributed by atoms with Crippen LogP contribution in [-0.2, 0) is 4.74 Å². The molecule has 0 bridgehead atoms. The number of aromatic nitrogens is 2. The fourth-order valence-corrected chi connectivity index (χ4v) is 2.48. The molecule has 0 saturated carbocycles. The average molecular weight is 400 g/mol. The van der Waals surface area contributed by atoms with E-state index >= 15 is 0 Å². The number of rotatable bonds is 5. The van der Waals surface area contributed by atoms with E-state index in [1.807, 2.05) is 0 Å². The lowest BCUT2D eigenvalue weighted by Crippen LogP contribution is -2.33. The van der Waals surface area contributed by atoms with Crippen molar-refractivity contribution in [2.45, 2.75) is 12.3 Å². The van der Waals surface area contributed by atoms with E-state index in [1.54, 1.807) is 6.07 Å². The Bertz CT molecular complexity index is 841. The quantitative estimate of drug-likeness (QED) is 0.751. The van der Waals surface area contributed by atoms with Crippen LogP contribution >= 0.6 is 0 Å². The Morgan fingerprint density at radius 3 is 2.86 bits per heavy atom.